The Bertz CT molecular complexity index is 695. The third-order valence-electron chi connectivity index (χ3n) is 2.70. The van der Waals surface area contributed by atoms with E-state index in [0.29, 0.717) is 22.3 Å². The van der Waals surface area contributed by atoms with Gasteiger partial charge in [-0.2, -0.15) is 13.2 Å². The second-order valence-corrected chi connectivity index (χ2v) is 6.29. The molecule has 0 saturated heterocycles. The summed E-state index contributed by atoms with van der Waals surface area (Å²) in [6.07, 6.45) is -4.52. The van der Waals surface area contributed by atoms with Crippen molar-refractivity contribution >= 4 is 40.9 Å². The van der Waals surface area contributed by atoms with Crippen molar-refractivity contribution in [2.45, 2.75) is 23.9 Å². The van der Waals surface area contributed by atoms with Crippen molar-refractivity contribution in [3.05, 3.63) is 45.6 Å². The van der Waals surface area contributed by atoms with E-state index in [4.69, 9.17) is 23.2 Å². The first-order valence-corrected chi connectivity index (χ1v) is 8.30. The van der Waals surface area contributed by atoms with Gasteiger partial charge < -0.3 is 5.32 Å². The molecule has 1 aromatic heterocycles. The van der Waals surface area contributed by atoms with Crippen LogP contribution in [0.25, 0.3) is 0 Å². The first-order chi connectivity index (χ1) is 10.8. The van der Waals surface area contributed by atoms with Crippen molar-refractivity contribution in [1.29, 1.82) is 0 Å². The summed E-state index contributed by atoms with van der Waals surface area (Å²) in [5.41, 5.74) is -0.137. The molecule has 0 fully saturated rings. The van der Waals surface area contributed by atoms with Crippen LogP contribution in [-0.4, -0.2) is 16.5 Å². The van der Waals surface area contributed by atoms with Crippen molar-refractivity contribution in [3.63, 3.8) is 0 Å². The van der Waals surface area contributed by atoms with Crippen LogP contribution in [-0.2, 0) is 11.9 Å². The molecule has 1 N–H and O–H groups in total. The molecule has 0 aliphatic rings. The third kappa shape index (κ3) is 5.16. The number of hydrogen-bond donors (Lipinski definition) is 1. The summed E-state index contributed by atoms with van der Waals surface area (Å²) in [6.45, 7) is 2.18. The lowest BCUT2D eigenvalue weighted by Gasteiger charge is -2.11. The average Bonchev–Trinajstić information content (AvgIpc) is 2.48. The maximum absolute atomic E-state index is 12.9. The van der Waals surface area contributed by atoms with Gasteiger partial charge in [-0.1, -0.05) is 29.3 Å². The zero-order valence-electron chi connectivity index (χ0n) is 11.9. The van der Waals surface area contributed by atoms with Gasteiger partial charge in [0.15, 0.2) is 5.69 Å². The number of nitrogens with one attached hydrogen (secondary N) is 1. The number of halogens is 5. The van der Waals surface area contributed by atoms with Gasteiger partial charge >= 0.3 is 6.18 Å². The highest BCUT2D eigenvalue weighted by molar-refractivity contribution is 7.98. The smallest absolute Gasteiger partial charge is 0.354 e. The number of aromatic nitrogens is 2. The molecule has 0 amide bonds. The van der Waals surface area contributed by atoms with Crippen LogP contribution in [0.15, 0.2) is 29.3 Å². The van der Waals surface area contributed by atoms with Gasteiger partial charge in [0.1, 0.15) is 5.03 Å². The highest BCUT2D eigenvalue weighted by Crippen LogP contribution is 2.32. The predicted octanol–water partition coefficient (Wildman–Crippen LogP) is 5.53. The molecule has 124 valence electrons. The molecule has 0 spiro atoms. The molecule has 0 unspecified atom stereocenters. The molecule has 0 radical (unpaired) electrons. The molecule has 1 aromatic carbocycles. The number of alkyl halides is 3. The zero-order valence-corrected chi connectivity index (χ0v) is 14.2. The Morgan fingerprint density at radius 2 is 1.87 bits per heavy atom. The zero-order chi connectivity index (χ0) is 17.0. The lowest BCUT2D eigenvalue weighted by molar-refractivity contribution is -0.141. The topological polar surface area (TPSA) is 37.8 Å². The number of benzene rings is 1. The number of hydrogen-bond acceptors (Lipinski definition) is 4. The highest BCUT2D eigenvalue weighted by Gasteiger charge is 2.33. The Morgan fingerprint density at radius 3 is 2.48 bits per heavy atom. The summed E-state index contributed by atoms with van der Waals surface area (Å²) in [4.78, 5) is 7.55. The van der Waals surface area contributed by atoms with E-state index in [9.17, 15) is 13.2 Å². The SMILES string of the molecule is CCNc1nc(SCc2ccc(Cl)c(Cl)c2)cc(C(F)(F)F)n1. The Balaban J connectivity index is 2.20. The maximum Gasteiger partial charge on any atom is 0.433 e. The molecule has 0 bridgehead atoms. The molecule has 3 nitrogen and oxygen atoms in total. The van der Waals surface area contributed by atoms with Crippen LogP contribution in [0, 0.1) is 0 Å². The maximum atomic E-state index is 12.9. The van der Waals surface area contributed by atoms with E-state index >= 15 is 0 Å². The lowest BCUT2D eigenvalue weighted by atomic mass is 10.2. The van der Waals surface area contributed by atoms with Gasteiger partial charge in [0.2, 0.25) is 5.95 Å². The van der Waals surface area contributed by atoms with Crippen LogP contribution < -0.4 is 5.32 Å². The summed E-state index contributed by atoms with van der Waals surface area (Å²) in [5, 5.41) is 3.76. The summed E-state index contributed by atoms with van der Waals surface area (Å²) in [6, 6.07) is 6.01. The summed E-state index contributed by atoms with van der Waals surface area (Å²) < 4.78 is 38.7. The van der Waals surface area contributed by atoms with Gasteiger partial charge in [0, 0.05) is 18.4 Å². The minimum absolute atomic E-state index is 0.0426. The molecule has 23 heavy (non-hydrogen) atoms. The normalized spacial score (nSPS) is 11.6. The standard InChI is InChI=1S/C14H12Cl2F3N3S/c1-2-20-13-21-11(14(17,18)19)6-12(22-13)23-7-8-3-4-9(15)10(16)5-8/h3-6H,2,7H2,1H3,(H,20,21,22). The van der Waals surface area contributed by atoms with E-state index in [1.165, 1.54) is 11.8 Å². The van der Waals surface area contributed by atoms with Gasteiger partial charge in [-0.25, -0.2) is 9.97 Å². The van der Waals surface area contributed by atoms with Gasteiger partial charge in [-0.15, -0.1) is 11.8 Å². The molecular formula is C14H12Cl2F3N3S. The molecule has 0 atom stereocenters. The van der Waals surface area contributed by atoms with Crippen molar-refractivity contribution in [2.24, 2.45) is 0 Å². The number of anilines is 1. The number of rotatable bonds is 5. The summed E-state index contributed by atoms with van der Waals surface area (Å²) in [7, 11) is 0. The second kappa shape index (κ2) is 7.59. The molecule has 9 heteroatoms. The van der Waals surface area contributed by atoms with E-state index in [-0.39, 0.29) is 11.0 Å². The molecule has 1 heterocycles. The van der Waals surface area contributed by atoms with Crippen LogP contribution in [0.1, 0.15) is 18.2 Å². The average molecular weight is 382 g/mol. The molecule has 0 aliphatic heterocycles. The Hall–Kier alpha value is -1.18. The second-order valence-electron chi connectivity index (χ2n) is 4.48. The van der Waals surface area contributed by atoms with Crippen molar-refractivity contribution in [1.82, 2.24) is 9.97 Å². The molecule has 0 saturated carbocycles. The van der Waals surface area contributed by atoms with Gasteiger partial charge in [-0.05, 0) is 24.6 Å². The molecular weight excluding hydrogens is 370 g/mol. The Kier molecular flexibility index (Phi) is 6.00. The van der Waals surface area contributed by atoms with Crippen LogP contribution in [0.5, 0.6) is 0 Å². The minimum Gasteiger partial charge on any atom is -0.354 e. The largest absolute Gasteiger partial charge is 0.433 e. The fourth-order valence-corrected chi connectivity index (χ4v) is 2.83. The van der Waals surface area contributed by atoms with Crippen molar-refractivity contribution in [2.75, 3.05) is 11.9 Å². The van der Waals surface area contributed by atoms with Crippen LogP contribution >= 0.6 is 35.0 Å². The first-order valence-electron chi connectivity index (χ1n) is 6.56. The van der Waals surface area contributed by atoms with E-state index in [1.807, 2.05) is 0 Å². The van der Waals surface area contributed by atoms with Crippen LogP contribution in [0.2, 0.25) is 10.0 Å². The molecule has 0 aliphatic carbocycles. The monoisotopic (exact) mass is 381 g/mol. The minimum atomic E-state index is -4.52. The molecule has 2 rings (SSSR count). The molecule has 2 aromatic rings. The lowest BCUT2D eigenvalue weighted by Crippen LogP contribution is -2.12. The van der Waals surface area contributed by atoms with Crippen molar-refractivity contribution < 1.29 is 13.2 Å². The van der Waals surface area contributed by atoms with E-state index in [2.05, 4.69) is 15.3 Å². The van der Waals surface area contributed by atoms with E-state index < -0.39 is 11.9 Å². The van der Waals surface area contributed by atoms with E-state index in [0.717, 1.165) is 11.6 Å². The Labute approximate surface area is 145 Å². The first kappa shape index (κ1) is 18.2. The van der Waals surface area contributed by atoms with Crippen molar-refractivity contribution in [3.8, 4) is 0 Å². The summed E-state index contributed by atoms with van der Waals surface area (Å²) in [5.74, 6) is 0.371. The fraction of sp³-hybridized carbons (Fsp3) is 0.286. The van der Waals surface area contributed by atoms with Gasteiger partial charge in [0.05, 0.1) is 10.0 Å². The highest BCUT2D eigenvalue weighted by atomic mass is 35.5. The number of thioether (sulfide) groups is 1. The van der Waals surface area contributed by atoms with Crippen LogP contribution in [0.4, 0.5) is 19.1 Å². The predicted molar refractivity (Wildman–Crippen MR) is 87.2 cm³/mol. The van der Waals surface area contributed by atoms with Gasteiger partial charge in [0.25, 0.3) is 0 Å². The number of nitrogens with zero attached hydrogens (tertiary/aromatic N) is 2. The van der Waals surface area contributed by atoms with E-state index in [1.54, 1.807) is 25.1 Å². The summed E-state index contributed by atoms with van der Waals surface area (Å²) >= 11 is 12.9. The van der Waals surface area contributed by atoms with Crippen LogP contribution in [0.3, 0.4) is 0 Å². The van der Waals surface area contributed by atoms with Gasteiger partial charge in [-0.3, -0.25) is 0 Å². The quantitative estimate of drug-likeness (QED) is 0.545. The third-order valence-corrected chi connectivity index (χ3v) is 4.42. The Morgan fingerprint density at radius 1 is 1.13 bits per heavy atom. The fourth-order valence-electron chi connectivity index (χ4n) is 1.67.